The van der Waals surface area contributed by atoms with Crippen LogP contribution in [0.3, 0.4) is 0 Å². The van der Waals surface area contributed by atoms with E-state index in [-0.39, 0.29) is 5.92 Å². The van der Waals surface area contributed by atoms with Crippen molar-refractivity contribution in [3.63, 3.8) is 0 Å². The zero-order valence-corrected chi connectivity index (χ0v) is 17.0. The quantitative estimate of drug-likeness (QED) is 0.183. The Bertz CT molecular complexity index is 1140. The Morgan fingerprint density at radius 1 is 0.750 bits per heavy atom. The summed E-state index contributed by atoms with van der Waals surface area (Å²) in [5.41, 5.74) is 2.50. The average molecular weight is 468 g/mol. The Hall–Kier alpha value is -3.24. The van der Waals surface area contributed by atoms with Crippen molar-refractivity contribution in [2.24, 2.45) is 0 Å². The normalized spacial score (nSPS) is 14.1. The van der Waals surface area contributed by atoms with Gasteiger partial charge in [-0.1, -0.05) is 72.8 Å². The lowest BCUT2D eigenvalue weighted by atomic mass is 9.85. The van der Waals surface area contributed by atoms with Gasteiger partial charge in [0.15, 0.2) is 0 Å². The molecule has 0 saturated heterocycles. The molecule has 0 aliphatic carbocycles. The number of carbonyl (C=O) groups is 1. The Labute approximate surface area is 181 Å². The fraction of sp³-hybridized carbons (Fsp3) is 0.136. The van der Waals surface area contributed by atoms with Crippen LogP contribution in [0.4, 0.5) is 17.6 Å². The first-order valence-electron chi connectivity index (χ1n) is 9.10. The Kier molecular flexibility index (Phi) is 6.38. The number of ether oxygens (including phenoxy) is 1. The largest absolute Gasteiger partial charge is 0.451 e. The molecule has 10 heteroatoms. The lowest BCUT2D eigenvalue weighted by Crippen LogP contribution is -2.55. The smallest absolute Gasteiger partial charge is 0.423 e. The van der Waals surface area contributed by atoms with Gasteiger partial charge < -0.3 is 4.74 Å². The first-order chi connectivity index (χ1) is 14.9. The van der Waals surface area contributed by atoms with Crippen molar-refractivity contribution < 1.29 is 40.1 Å². The van der Waals surface area contributed by atoms with Gasteiger partial charge in [-0.15, -0.1) is 0 Å². The molecule has 0 aliphatic heterocycles. The molecular weight excluding hydrogens is 452 g/mol. The summed E-state index contributed by atoms with van der Waals surface area (Å²) in [6.07, 6.45) is -6.25. The monoisotopic (exact) mass is 468 g/mol. The summed E-state index contributed by atoms with van der Waals surface area (Å²) >= 11 is 0. The second kappa shape index (κ2) is 8.71. The molecule has 1 unspecified atom stereocenters. The predicted octanol–water partition coefficient (Wildman–Crippen LogP) is 4.89. The van der Waals surface area contributed by atoms with Crippen molar-refractivity contribution in [2.45, 2.75) is 17.1 Å². The summed E-state index contributed by atoms with van der Waals surface area (Å²) in [4.78, 5) is 11.7. The van der Waals surface area contributed by atoms with Gasteiger partial charge in [0.1, 0.15) is 5.75 Å². The van der Waals surface area contributed by atoms with E-state index in [0.29, 0.717) is 5.56 Å². The molecule has 3 aromatic carbocycles. The molecule has 1 N–H and O–H groups in total. The summed E-state index contributed by atoms with van der Waals surface area (Å²) in [5.74, 6) is -3.62. The number of hydrogen-bond donors (Lipinski definition) is 1. The van der Waals surface area contributed by atoms with Gasteiger partial charge in [-0.05, 0) is 28.8 Å². The zero-order chi connectivity index (χ0) is 23.6. The third-order valence-electron chi connectivity index (χ3n) is 4.67. The van der Waals surface area contributed by atoms with Crippen LogP contribution in [0.1, 0.15) is 22.6 Å². The summed E-state index contributed by atoms with van der Waals surface area (Å²) in [6, 6.07) is 23.7. The van der Waals surface area contributed by atoms with Crippen molar-refractivity contribution in [1.29, 1.82) is 0 Å². The van der Waals surface area contributed by atoms with Crippen molar-refractivity contribution in [1.82, 2.24) is 0 Å². The van der Waals surface area contributed by atoms with Crippen molar-refractivity contribution >= 4 is 16.1 Å². The summed E-state index contributed by atoms with van der Waals surface area (Å²) in [7, 11) is -6.50. The van der Waals surface area contributed by atoms with Crippen molar-refractivity contribution in [3.05, 3.63) is 102 Å². The number of halogens is 4. The molecule has 0 aliphatic rings. The maximum absolute atomic E-state index is 14.1. The molecule has 0 saturated carbocycles. The van der Waals surface area contributed by atoms with Gasteiger partial charge in [0.2, 0.25) is 0 Å². The number of carbonyl (C=O) groups excluding carboxylic acids is 1. The van der Waals surface area contributed by atoms with Gasteiger partial charge in [-0.25, -0.2) is 9.18 Å². The number of alkyl halides is 4. The molecule has 3 aromatic rings. The van der Waals surface area contributed by atoms with Gasteiger partial charge >= 0.3 is 27.3 Å². The highest BCUT2D eigenvalue weighted by molar-refractivity contribution is 7.88. The van der Waals surface area contributed by atoms with E-state index in [1.54, 1.807) is 0 Å². The first kappa shape index (κ1) is 23.4. The minimum Gasteiger partial charge on any atom is -0.423 e. The molecule has 0 bridgehead atoms. The van der Waals surface area contributed by atoms with E-state index in [1.807, 2.05) is 60.7 Å². The van der Waals surface area contributed by atoms with Crippen LogP contribution in [0.15, 0.2) is 84.9 Å². The highest BCUT2D eigenvalue weighted by atomic mass is 32.2. The highest BCUT2D eigenvalue weighted by Crippen LogP contribution is 2.40. The van der Waals surface area contributed by atoms with E-state index in [4.69, 9.17) is 4.55 Å². The zero-order valence-electron chi connectivity index (χ0n) is 16.2. The fourth-order valence-corrected chi connectivity index (χ4v) is 3.68. The minimum atomic E-state index is -6.50. The van der Waals surface area contributed by atoms with E-state index in [1.165, 1.54) is 12.1 Å². The van der Waals surface area contributed by atoms with Gasteiger partial charge in [-0.3, -0.25) is 4.55 Å². The molecule has 0 heterocycles. The molecule has 0 amide bonds. The topological polar surface area (TPSA) is 80.7 Å². The SMILES string of the molecule is O=C(Oc1ccc(C(c2ccccc2)c2ccccc2)cc1)C(F)(C(F)(F)F)S(=O)(=O)O. The third-order valence-corrected chi connectivity index (χ3v) is 5.78. The van der Waals surface area contributed by atoms with Crippen molar-refractivity contribution in [3.8, 4) is 5.75 Å². The minimum absolute atomic E-state index is 0.268. The Morgan fingerprint density at radius 2 is 1.16 bits per heavy atom. The van der Waals surface area contributed by atoms with E-state index in [9.17, 15) is 30.8 Å². The maximum Gasteiger partial charge on any atom is 0.451 e. The second-order valence-electron chi connectivity index (χ2n) is 6.78. The highest BCUT2D eigenvalue weighted by Gasteiger charge is 2.72. The van der Waals surface area contributed by atoms with Gasteiger partial charge in [0, 0.05) is 5.92 Å². The molecule has 0 radical (unpaired) electrons. The van der Waals surface area contributed by atoms with Crippen LogP contribution in [-0.2, 0) is 14.9 Å². The summed E-state index contributed by atoms with van der Waals surface area (Å²) in [6.45, 7) is 0. The molecule has 168 valence electrons. The van der Waals surface area contributed by atoms with E-state index >= 15 is 0 Å². The van der Waals surface area contributed by atoms with Crippen LogP contribution in [0.5, 0.6) is 5.75 Å². The third kappa shape index (κ3) is 4.51. The number of rotatable bonds is 6. The summed E-state index contributed by atoms with van der Waals surface area (Å²) in [5, 5.41) is -5.62. The van der Waals surface area contributed by atoms with E-state index in [2.05, 4.69) is 4.74 Å². The molecule has 3 rings (SSSR count). The Balaban J connectivity index is 1.93. The lowest BCUT2D eigenvalue weighted by Gasteiger charge is -2.23. The lowest BCUT2D eigenvalue weighted by molar-refractivity contribution is -0.209. The standard InChI is InChI=1S/C22H16F4O5S/c23-21(22(24,25)26,32(28,29)30)20(27)31-18-13-11-17(12-14-18)19(15-7-3-1-4-8-15)16-9-5-2-6-10-16/h1-14,19H,(H,28,29,30). The van der Waals surface area contributed by atoms with Gasteiger partial charge in [0.05, 0.1) is 0 Å². The van der Waals surface area contributed by atoms with Crippen LogP contribution in [-0.4, -0.2) is 30.1 Å². The molecule has 5 nitrogen and oxygen atoms in total. The van der Waals surface area contributed by atoms with E-state index in [0.717, 1.165) is 23.3 Å². The number of benzene rings is 3. The molecule has 0 aromatic heterocycles. The summed E-state index contributed by atoms with van der Waals surface area (Å²) < 4.78 is 87.6. The maximum atomic E-state index is 14.1. The number of esters is 1. The van der Waals surface area contributed by atoms with Crippen LogP contribution < -0.4 is 4.74 Å². The second-order valence-corrected chi connectivity index (χ2v) is 8.29. The van der Waals surface area contributed by atoms with Crippen LogP contribution >= 0.6 is 0 Å². The molecular formula is C22H16F4O5S. The van der Waals surface area contributed by atoms with E-state index < -0.39 is 33.0 Å². The number of hydrogen-bond acceptors (Lipinski definition) is 4. The molecule has 0 fully saturated rings. The van der Waals surface area contributed by atoms with Crippen LogP contribution in [0.2, 0.25) is 0 Å². The van der Waals surface area contributed by atoms with Crippen LogP contribution in [0, 0.1) is 0 Å². The first-order valence-corrected chi connectivity index (χ1v) is 10.5. The molecule has 1 atom stereocenters. The fourth-order valence-electron chi connectivity index (χ4n) is 3.14. The Morgan fingerprint density at radius 3 is 1.53 bits per heavy atom. The molecule has 32 heavy (non-hydrogen) atoms. The van der Waals surface area contributed by atoms with Gasteiger partial charge in [0.25, 0.3) is 0 Å². The van der Waals surface area contributed by atoms with Crippen LogP contribution in [0.25, 0.3) is 0 Å². The van der Waals surface area contributed by atoms with Gasteiger partial charge in [-0.2, -0.15) is 21.6 Å². The molecule has 0 spiro atoms. The van der Waals surface area contributed by atoms with Crippen molar-refractivity contribution in [2.75, 3.05) is 0 Å². The predicted molar refractivity (Wildman–Crippen MR) is 107 cm³/mol. The average Bonchev–Trinajstić information content (AvgIpc) is 2.74.